The second kappa shape index (κ2) is 6.02. The molecule has 0 aliphatic heterocycles. The molecule has 0 bridgehead atoms. The van der Waals surface area contributed by atoms with Crippen LogP contribution < -0.4 is 5.32 Å². The average Bonchev–Trinajstić information content (AvgIpc) is 2.96. The van der Waals surface area contributed by atoms with Crippen LogP contribution in [0.3, 0.4) is 0 Å². The molecule has 0 saturated carbocycles. The number of nitrogens with zero attached hydrogens (tertiary/aromatic N) is 4. The highest BCUT2D eigenvalue weighted by atomic mass is 32.2. The van der Waals surface area contributed by atoms with Gasteiger partial charge >= 0.3 is 6.18 Å². The number of halogens is 3. The third-order valence-corrected chi connectivity index (χ3v) is 3.70. The Morgan fingerprint density at radius 2 is 2.24 bits per heavy atom. The van der Waals surface area contributed by atoms with Gasteiger partial charge in [-0.05, 0) is 19.2 Å². The Hall–Kier alpha value is -1.62. The number of hydrogen-bond acceptors (Lipinski definition) is 6. The fourth-order valence-electron chi connectivity index (χ4n) is 1.45. The van der Waals surface area contributed by atoms with E-state index in [1.807, 2.05) is 0 Å². The summed E-state index contributed by atoms with van der Waals surface area (Å²) in [5.74, 6) is -0.515. The molecule has 0 aliphatic carbocycles. The van der Waals surface area contributed by atoms with Gasteiger partial charge in [0.2, 0.25) is 16.2 Å². The molecular formula is C10H10F3N5OS2. The molecule has 0 atom stereocenters. The van der Waals surface area contributed by atoms with Gasteiger partial charge in [-0.15, -0.1) is 0 Å². The summed E-state index contributed by atoms with van der Waals surface area (Å²) in [5, 5.41) is 6.66. The van der Waals surface area contributed by atoms with Crippen LogP contribution in [0.4, 0.5) is 18.3 Å². The number of amides is 1. The fourth-order valence-corrected chi connectivity index (χ4v) is 2.59. The smallest absolute Gasteiger partial charge is 0.299 e. The zero-order valence-corrected chi connectivity index (χ0v) is 12.6. The summed E-state index contributed by atoms with van der Waals surface area (Å²) in [7, 11) is 0. The van der Waals surface area contributed by atoms with Crippen LogP contribution in [-0.2, 0) is 17.5 Å². The van der Waals surface area contributed by atoms with E-state index in [0.717, 1.165) is 22.3 Å². The topological polar surface area (TPSA) is 72.7 Å². The number of rotatable bonds is 4. The molecule has 1 N–H and O–H groups in total. The normalized spacial score (nSPS) is 11.7. The second-order valence-electron chi connectivity index (χ2n) is 3.96. The maximum absolute atomic E-state index is 12.5. The van der Waals surface area contributed by atoms with Gasteiger partial charge in [-0.1, -0.05) is 11.8 Å². The van der Waals surface area contributed by atoms with Gasteiger partial charge in [0, 0.05) is 17.2 Å². The first-order chi connectivity index (χ1) is 9.79. The minimum Gasteiger partial charge on any atom is -0.299 e. The molecule has 11 heteroatoms. The number of carbonyl (C=O) groups is 1. The summed E-state index contributed by atoms with van der Waals surface area (Å²) < 4.78 is 42.5. The number of aromatic nitrogens is 4. The molecule has 0 spiro atoms. The maximum Gasteiger partial charge on any atom is 0.435 e. The maximum atomic E-state index is 12.5. The summed E-state index contributed by atoms with van der Waals surface area (Å²) in [6.45, 7) is 1.13. The van der Waals surface area contributed by atoms with E-state index < -0.39 is 17.8 Å². The van der Waals surface area contributed by atoms with Crippen molar-refractivity contribution in [2.75, 3.05) is 11.6 Å². The molecule has 0 unspecified atom stereocenters. The first-order valence-corrected chi connectivity index (χ1v) is 7.58. The molecule has 0 radical (unpaired) electrons. The summed E-state index contributed by atoms with van der Waals surface area (Å²) >= 11 is 2.33. The van der Waals surface area contributed by atoms with E-state index in [-0.39, 0.29) is 12.2 Å². The molecule has 2 heterocycles. The first-order valence-electron chi connectivity index (χ1n) is 5.59. The van der Waals surface area contributed by atoms with Gasteiger partial charge in [0.25, 0.3) is 0 Å². The van der Waals surface area contributed by atoms with Gasteiger partial charge in [-0.3, -0.25) is 14.8 Å². The summed E-state index contributed by atoms with van der Waals surface area (Å²) in [5.41, 5.74) is -0.770. The van der Waals surface area contributed by atoms with Crippen molar-refractivity contribution in [3.63, 3.8) is 0 Å². The second-order valence-corrected chi connectivity index (χ2v) is 5.49. The lowest BCUT2D eigenvalue weighted by Gasteiger charge is -2.04. The highest BCUT2D eigenvalue weighted by molar-refractivity contribution is 7.98. The number of aryl methyl sites for hydroxylation is 1. The lowest BCUT2D eigenvalue weighted by molar-refractivity contribution is -0.141. The molecule has 0 aliphatic rings. The van der Waals surface area contributed by atoms with Crippen LogP contribution in [0, 0.1) is 6.92 Å². The largest absolute Gasteiger partial charge is 0.435 e. The van der Waals surface area contributed by atoms with Crippen molar-refractivity contribution in [2.24, 2.45) is 0 Å². The third-order valence-electron chi connectivity index (χ3n) is 2.40. The highest BCUT2D eigenvalue weighted by Crippen LogP contribution is 2.28. The van der Waals surface area contributed by atoms with Crippen LogP contribution in [0.1, 0.15) is 11.4 Å². The number of alkyl halides is 3. The van der Waals surface area contributed by atoms with E-state index in [1.54, 1.807) is 6.26 Å². The van der Waals surface area contributed by atoms with E-state index in [4.69, 9.17) is 0 Å². The quantitative estimate of drug-likeness (QED) is 0.868. The third kappa shape index (κ3) is 3.94. The van der Waals surface area contributed by atoms with Gasteiger partial charge in [0.05, 0.1) is 0 Å². The van der Waals surface area contributed by atoms with Crippen molar-refractivity contribution in [3.8, 4) is 0 Å². The summed E-state index contributed by atoms with van der Waals surface area (Å²) in [4.78, 5) is 15.8. The van der Waals surface area contributed by atoms with E-state index in [2.05, 4.69) is 19.8 Å². The molecule has 0 saturated heterocycles. The Morgan fingerprint density at radius 1 is 1.52 bits per heavy atom. The van der Waals surface area contributed by atoms with Crippen LogP contribution in [-0.4, -0.2) is 31.3 Å². The molecule has 0 aromatic carbocycles. The van der Waals surface area contributed by atoms with E-state index >= 15 is 0 Å². The lowest BCUT2D eigenvalue weighted by atomic mass is 10.3. The molecule has 6 nitrogen and oxygen atoms in total. The first kappa shape index (κ1) is 15.8. The standard InChI is InChI=1S/C10H10F3N5OS2/c1-5-3-6(10(11,12)13)16-18(5)4-7(19)14-8-15-9(20-2)17-21-8/h3H,4H2,1-2H3,(H,14,15,17,19). The van der Waals surface area contributed by atoms with Gasteiger partial charge in [-0.25, -0.2) is 0 Å². The Balaban J connectivity index is 2.04. The molecule has 2 aromatic heterocycles. The zero-order chi connectivity index (χ0) is 15.6. The minimum absolute atomic E-state index is 0.250. The highest BCUT2D eigenvalue weighted by Gasteiger charge is 2.34. The molecule has 2 aromatic rings. The van der Waals surface area contributed by atoms with Crippen LogP contribution in [0.25, 0.3) is 0 Å². The predicted octanol–water partition coefficient (Wildman–Crippen LogP) is 2.42. The Bertz CT molecular complexity index is 651. The van der Waals surface area contributed by atoms with Crippen molar-refractivity contribution in [1.82, 2.24) is 19.1 Å². The zero-order valence-electron chi connectivity index (χ0n) is 10.9. The molecule has 114 valence electrons. The Kier molecular flexibility index (Phi) is 4.52. The lowest BCUT2D eigenvalue weighted by Crippen LogP contribution is -2.20. The van der Waals surface area contributed by atoms with E-state index in [1.165, 1.54) is 18.7 Å². The molecule has 1 amide bonds. The molecule has 0 fully saturated rings. The molecular weight excluding hydrogens is 327 g/mol. The van der Waals surface area contributed by atoms with Crippen molar-refractivity contribution in [1.29, 1.82) is 0 Å². The number of hydrogen-bond donors (Lipinski definition) is 1. The minimum atomic E-state index is -4.53. The number of nitrogens with one attached hydrogen (secondary N) is 1. The number of anilines is 1. The Labute approximate surface area is 125 Å². The van der Waals surface area contributed by atoms with Gasteiger partial charge < -0.3 is 0 Å². The monoisotopic (exact) mass is 337 g/mol. The summed E-state index contributed by atoms with van der Waals surface area (Å²) in [6.07, 6.45) is -2.74. The van der Waals surface area contributed by atoms with Crippen LogP contribution in [0.15, 0.2) is 11.2 Å². The molecule has 21 heavy (non-hydrogen) atoms. The van der Waals surface area contributed by atoms with Gasteiger partial charge in [0.15, 0.2) is 5.69 Å². The van der Waals surface area contributed by atoms with Gasteiger partial charge in [0.1, 0.15) is 6.54 Å². The summed E-state index contributed by atoms with van der Waals surface area (Å²) in [6, 6.07) is 0.893. The van der Waals surface area contributed by atoms with Crippen molar-refractivity contribution >= 4 is 34.3 Å². The van der Waals surface area contributed by atoms with E-state index in [0.29, 0.717) is 10.3 Å². The van der Waals surface area contributed by atoms with Crippen LogP contribution in [0.5, 0.6) is 0 Å². The predicted molar refractivity (Wildman–Crippen MR) is 72.3 cm³/mol. The van der Waals surface area contributed by atoms with Crippen molar-refractivity contribution in [3.05, 3.63) is 17.5 Å². The fraction of sp³-hybridized carbons (Fsp3) is 0.400. The van der Waals surface area contributed by atoms with Gasteiger partial charge in [-0.2, -0.15) is 27.6 Å². The average molecular weight is 337 g/mol. The SMILES string of the molecule is CSc1nsc(NC(=O)Cn2nc(C(F)(F)F)cc2C)n1. The van der Waals surface area contributed by atoms with Crippen molar-refractivity contribution < 1.29 is 18.0 Å². The van der Waals surface area contributed by atoms with Crippen molar-refractivity contribution in [2.45, 2.75) is 24.8 Å². The van der Waals surface area contributed by atoms with Crippen LogP contribution in [0.2, 0.25) is 0 Å². The number of thioether (sulfide) groups is 1. The van der Waals surface area contributed by atoms with E-state index in [9.17, 15) is 18.0 Å². The molecule has 2 rings (SSSR count). The Morgan fingerprint density at radius 3 is 2.76 bits per heavy atom. The number of carbonyl (C=O) groups excluding carboxylic acids is 1. The van der Waals surface area contributed by atoms with Crippen LogP contribution >= 0.6 is 23.3 Å².